The van der Waals surface area contributed by atoms with Crippen LogP contribution in [0.5, 0.6) is 0 Å². The summed E-state index contributed by atoms with van der Waals surface area (Å²) in [6, 6.07) is 8.01. The van der Waals surface area contributed by atoms with E-state index in [2.05, 4.69) is 9.97 Å². The van der Waals surface area contributed by atoms with E-state index < -0.39 is 0 Å². The van der Waals surface area contributed by atoms with Gasteiger partial charge >= 0.3 is 0 Å². The van der Waals surface area contributed by atoms with Crippen molar-refractivity contribution in [2.75, 3.05) is 11.4 Å². The Morgan fingerprint density at radius 1 is 1.26 bits per heavy atom. The van der Waals surface area contributed by atoms with Crippen LogP contribution in [0.3, 0.4) is 0 Å². The summed E-state index contributed by atoms with van der Waals surface area (Å²) in [5, 5.41) is 0.172. The molecule has 0 fully saturated rings. The number of aryl methyl sites for hydroxylation is 1. The Morgan fingerprint density at radius 3 is 2.53 bits per heavy atom. The van der Waals surface area contributed by atoms with Gasteiger partial charge in [-0.15, -0.1) is 0 Å². The van der Waals surface area contributed by atoms with Crippen LogP contribution in [0.4, 0.5) is 11.5 Å². The lowest BCUT2D eigenvalue weighted by Crippen LogP contribution is -2.19. The van der Waals surface area contributed by atoms with Crippen LogP contribution < -0.4 is 4.90 Å². The van der Waals surface area contributed by atoms with Crippen molar-refractivity contribution in [3.8, 4) is 0 Å². The average molecular weight is 276 g/mol. The van der Waals surface area contributed by atoms with Crippen molar-refractivity contribution >= 4 is 29.4 Å². The summed E-state index contributed by atoms with van der Waals surface area (Å²) >= 11 is 5.93. The Balaban J connectivity index is 2.51. The first-order chi connectivity index (χ1) is 9.17. The fraction of sp³-hybridized carbons (Fsp3) is 0.214. The summed E-state index contributed by atoms with van der Waals surface area (Å²) in [5.41, 5.74) is 2.45. The minimum atomic E-state index is 0.172. The smallest absolute Gasteiger partial charge is 0.156 e. The van der Waals surface area contributed by atoms with Gasteiger partial charge in [-0.2, -0.15) is 0 Å². The maximum Gasteiger partial charge on any atom is 0.156 e. The van der Waals surface area contributed by atoms with Gasteiger partial charge in [-0.05, 0) is 26.0 Å². The summed E-state index contributed by atoms with van der Waals surface area (Å²) in [4.78, 5) is 21.1. The number of hydrogen-bond acceptors (Lipinski definition) is 4. The number of carbonyl (C=O) groups is 1. The minimum Gasteiger partial charge on any atom is -0.326 e. The van der Waals surface area contributed by atoms with E-state index in [0.29, 0.717) is 24.2 Å². The Morgan fingerprint density at radius 2 is 1.95 bits per heavy atom. The zero-order valence-electron chi connectivity index (χ0n) is 10.8. The molecule has 19 heavy (non-hydrogen) atoms. The molecule has 0 aliphatic rings. The van der Waals surface area contributed by atoms with Crippen molar-refractivity contribution in [3.63, 3.8) is 0 Å². The van der Waals surface area contributed by atoms with Gasteiger partial charge in [-0.25, -0.2) is 9.97 Å². The summed E-state index contributed by atoms with van der Waals surface area (Å²) in [5.74, 6) is 0.529. The summed E-state index contributed by atoms with van der Waals surface area (Å²) in [6.45, 7) is 4.69. The lowest BCUT2D eigenvalue weighted by atomic mass is 10.2. The predicted octanol–water partition coefficient (Wildman–Crippen LogP) is 3.41. The van der Waals surface area contributed by atoms with Crippen molar-refractivity contribution in [2.24, 2.45) is 0 Å². The molecule has 1 heterocycles. The van der Waals surface area contributed by atoms with Crippen molar-refractivity contribution < 1.29 is 4.79 Å². The lowest BCUT2D eigenvalue weighted by molar-refractivity contribution is 0.112. The van der Waals surface area contributed by atoms with Gasteiger partial charge < -0.3 is 4.90 Å². The first kappa shape index (κ1) is 13.5. The van der Waals surface area contributed by atoms with Gasteiger partial charge in [0.15, 0.2) is 6.29 Å². The molecule has 0 amide bonds. The zero-order chi connectivity index (χ0) is 13.8. The van der Waals surface area contributed by atoms with Crippen molar-refractivity contribution in [3.05, 3.63) is 46.9 Å². The van der Waals surface area contributed by atoms with Crippen molar-refractivity contribution in [1.82, 2.24) is 9.97 Å². The number of anilines is 2. The van der Waals surface area contributed by atoms with Crippen LogP contribution in [0.2, 0.25) is 5.15 Å². The molecule has 0 aliphatic carbocycles. The van der Waals surface area contributed by atoms with Crippen LogP contribution in [0.1, 0.15) is 22.8 Å². The third kappa shape index (κ3) is 2.74. The largest absolute Gasteiger partial charge is 0.326 e. The molecule has 2 rings (SSSR count). The molecule has 0 saturated heterocycles. The molecule has 0 spiro atoms. The average Bonchev–Trinajstić information content (AvgIpc) is 2.42. The van der Waals surface area contributed by atoms with Crippen LogP contribution in [0.15, 0.2) is 30.6 Å². The summed E-state index contributed by atoms with van der Waals surface area (Å²) in [6.07, 6.45) is 2.05. The van der Waals surface area contributed by atoms with Gasteiger partial charge in [0, 0.05) is 12.2 Å². The van der Waals surface area contributed by atoms with E-state index >= 15 is 0 Å². The fourth-order valence-corrected chi connectivity index (χ4v) is 2.03. The molecule has 0 unspecified atom stereocenters. The monoisotopic (exact) mass is 275 g/mol. The molecular weight excluding hydrogens is 262 g/mol. The number of halogens is 1. The van der Waals surface area contributed by atoms with E-state index in [1.165, 1.54) is 11.9 Å². The molecule has 0 N–H and O–H groups in total. The zero-order valence-corrected chi connectivity index (χ0v) is 11.6. The molecule has 0 atom stereocenters. The third-order valence-corrected chi connectivity index (χ3v) is 3.15. The van der Waals surface area contributed by atoms with Gasteiger partial charge in [0.2, 0.25) is 0 Å². The second-order valence-corrected chi connectivity index (χ2v) is 4.46. The second kappa shape index (κ2) is 5.80. The van der Waals surface area contributed by atoms with Crippen LogP contribution in [-0.2, 0) is 0 Å². The maximum absolute atomic E-state index is 11.2. The van der Waals surface area contributed by atoms with Gasteiger partial charge in [-0.3, -0.25) is 4.79 Å². The Hall–Kier alpha value is -1.94. The number of nitrogens with zero attached hydrogens (tertiary/aromatic N) is 3. The molecule has 2 aromatic rings. The number of aldehydes is 1. The lowest BCUT2D eigenvalue weighted by Gasteiger charge is -2.23. The van der Waals surface area contributed by atoms with Crippen LogP contribution in [0.25, 0.3) is 0 Å². The summed E-state index contributed by atoms with van der Waals surface area (Å²) in [7, 11) is 0. The van der Waals surface area contributed by atoms with E-state index in [1.54, 1.807) is 0 Å². The Kier molecular flexibility index (Phi) is 4.12. The molecule has 0 radical (unpaired) electrons. The number of hydrogen-bond donors (Lipinski definition) is 0. The van der Waals surface area contributed by atoms with Crippen LogP contribution >= 0.6 is 11.6 Å². The van der Waals surface area contributed by atoms with Crippen molar-refractivity contribution in [2.45, 2.75) is 13.8 Å². The van der Waals surface area contributed by atoms with Gasteiger partial charge in [0.1, 0.15) is 17.3 Å². The molecule has 98 valence electrons. The number of rotatable bonds is 4. The van der Waals surface area contributed by atoms with Crippen LogP contribution in [-0.4, -0.2) is 22.8 Å². The predicted molar refractivity (Wildman–Crippen MR) is 76.3 cm³/mol. The molecule has 0 saturated carbocycles. The fourth-order valence-electron chi connectivity index (χ4n) is 1.86. The molecular formula is C14H14ClN3O. The highest BCUT2D eigenvalue weighted by molar-refractivity contribution is 6.32. The topological polar surface area (TPSA) is 46.1 Å². The quantitative estimate of drug-likeness (QED) is 0.634. The molecule has 1 aromatic heterocycles. The summed E-state index contributed by atoms with van der Waals surface area (Å²) < 4.78 is 0. The van der Waals surface area contributed by atoms with Crippen molar-refractivity contribution in [1.29, 1.82) is 0 Å². The Labute approximate surface area is 117 Å². The maximum atomic E-state index is 11.2. The van der Waals surface area contributed by atoms with E-state index in [1.807, 2.05) is 43.0 Å². The second-order valence-electron chi connectivity index (χ2n) is 4.10. The van der Waals surface area contributed by atoms with Gasteiger partial charge in [-0.1, -0.05) is 29.3 Å². The Bertz CT molecular complexity index is 584. The number of benzene rings is 1. The van der Waals surface area contributed by atoms with E-state index in [4.69, 9.17) is 11.6 Å². The third-order valence-electron chi connectivity index (χ3n) is 2.85. The minimum absolute atomic E-state index is 0.172. The highest BCUT2D eigenvalue weighted by Gasteiger charge is 2.16. The molecule has 0 aliphatic heterocycles. The van der Waals surface area contributed by atoms with E-state index in [-0.39, 0.29) is 5.15 Å². The molecule has 4 nitrogen and oxygen atoms in total. The normalized spacial score (nSPS) is 10.3. The van der Waals surface area contributed by atoms with Gasteiger partial charge in [0.25, 0.3) is 0 Å². The first-order valence-corrected chi connectivity index (χ1v) is 6.35. The first-order valence-electron chi connectivity index (χ1n) is 5.97. The SMILES string of the molecule is CCN(c1ccc(C)cc1)c1ncnc(Cl)c1C=O. The van der Waals surface area contributed by atoms with Crippen LogP contribution in [0, 0.1) is 6.92 Å². The number of carbonyl (C=O) groups excluding carboxylic acids is 1. The molecule has 5 heteroatoms. The van der Waals surface area contributed by atoms with Gasteiger partial charge in [0.05, 0.1) is 5.56 Å². The van der Waals surface area contributed by atoms with E-state index in [0.717, 1.165) is 5.69 Å². The standard InChI is InChI=1S/C14H14ClN3O/c1-3-18(11-6-4-10(2)5-7-11)14-12(8-19)13(15)16-9-17-14/h4-9H,3H2,1-2H3. The van der Waals surface area contributed by atoms with E-state index in [9.17, 15) is 4.79 Å². The molecule has 1 aromatic carbocycles. The highest BCUT2D eigenvalue weighted by Crippen LogP contribution is 2.28. The highest BCUT2D eigenvalue weighted by atomic mass is 35.5. The number of aromatic nitrogens is 2. The molecule has 0 bridgehead atoms.